The van der Waals surface area contributed by atoms with Crippen LogP contribution in [0.3, 0.4) is 0 Å². The van der Waals surface area contributed by atoms with E-state index in [9.17, 15) is 9.90 Å². The molecule has 0 aliphatic carbocycles. The van der Waals surface area contributed by atoms with Gasteiger partial charge in [0.05, 0.1) is 18.7 Å². The molecular formula is C15H16N2O3. The first kappa shape index (κ1) is 12.7. The number of aromatic hydroxyl groups is 1. The molecule has 1 aliphatic rings. The summed E-state index contributed by atoms with van der Waals surface area (Å²) in [7, 11) is 1.41. The van der Waals surface area contributed by atoms with E-state index in [1.54, 1.807) is 12.1 Å². The molecule has 1 N–H and O–H groups in total. The predicted molar refractivity (Wildman–Crippen MR) is 73.2 cm³/mol. The van der Waals surface area contributed by atoms with Gasteiger partial charge in [0.2, 0.25) is 0 Å². The summed E-state index contributed by atoms with van der Waals surface area (Å²) in [6.45, 7) is 0.746. The van der Waals surface area contributed by atoms with Crippen LogP contribution >= 0.6 is 0 Å². The predicted octanol–water partition coefficient (Wildman–Crippen LogP) is 1.99. The molecule has 104 valence electrons. The van der Waals surface area contributed by atoms with Crippen LogP contribution in [-0.2, 0) is 22.5 Å². The van der Waals surface area contributed by atoms with Gasteiger partial charge in [-0.15, -0.1) is 0 Å². The number of hydrogen-bond donors (Lipinski definition) is 1. The second-order valence-corrected chi connectivity index (χ2v) is 4.97. The average molecular weight is 272 g/mol. The van der Waals surface area contributed by atoms with Crippen LogP contribution in [0.5, 0.6) is 5.75 Å². The maximum Gasteiger partial charge on any atom is 0.309 e. The summed E-state index contributed by atoms with van der Waals surface area (Å²) in [4.78, 5) is 16.2. The highest BCUT2D eigenvalue weighted by atomic mass is 16.5. The lowest BCUT2D eigenvalue weighted by Gasteiger charge is -2.20. The lowest BCUT2D eigenvalue weighted by molar-refractivity contribution is -0.146. The number of esters is 1. The van der Waals surface area contributed by atoms with Crippen LogP contribution in [0.4, 0.5) is 0 Å². The number of imidazole rings is 1. The quantitative estimate of drug-likeness (QED) is 0.849. The van der Waals surface area contributed by atoms with Gasteiger partial charge < -0.3 is 14.4 Å². The van der Waals surface area contributed by atoms with E-state index < -0.39 is 0 Å². The Morgan fingerprint density at radius 2 is 2.25 bits per heavy atom. The lowest BCUT2D eigenvalue weighted by atomic mass is 9.98. The van der Waals surface area contributed by atoms with E-state index in [4.69, 9.17) is 4.74 Å². The molecule has 0 radical (unpaired) electrons. The summed E-state index contributed by atoms with van der Waals surface area (Å²) < 4.78 is 6.84. The van der Waals surface area contributed by atoms with Gasteiger partial charge in [0, 0.05) is 24.7 Å². The van der Waals surface area contributed by atoms with Gasteiger partial charge in [0.1, 0.15) is 11.6 Å². The number of rotatable bonds is 2. The van der Waals surface area contributed by atoms with Crippen molar-refractivity contribution in [1.82, 2.24) is 9.55 Å². The van der Waals surface area contributed by atoms with E-state index in [0.717, 1.165) is 24.5 Å². The highest BCUT2D eigenvalue weighted by Crippen LogP contribution is 2.30. The van der Waals surface area contributed by atoms with Gasteiger partial charge in [-0.05, 0) is 18.6 Å². The maximum absolute atomic E-state index is 11.6. The molecule has 0 bridgehead atoms. The van der Waals surface area contributed by atoms with Crippen LogP contribution in [0.15, 0.2) is 30.5 Å². The van der Waals surface area contributed by atoms with Crippen molar-refractivity contribution in [2.75, 3.05) is 7.11 Å². The SMILES string of the molecule is COC(=O)C1CCn2cc(-c3ccccc3O)nc2C1. The van der Waals surface area contributed by atoms with E-state index in [2.05, 4.69) is 4.98 Å². The average Bonchev–Trinajstić information content (AvgIpc) is 2.89. The summed E-state index contributed by atoms with van der Waals surface area (Å²) in [6, 6.07) is 7.12. The number of para-hydroxylation sites is 1. The number of aromatic nitrogens is 2. The van der Waals surface area contributed by atoms with Gasteiger partial charge in [-0.25, -0.2) is 4.98 Å². The number of carbonyl (C=O) groups is 1. The largest absolute Gasteiger partial charge is 0.507 e. The fourth-order valence-electron chi connectivity index (χ4n) is 2.62. The normalized spacial score (nSPS) is 17.6. The van der Waals surface area contributed by atoms with E-state index in [-0.39, 0.29) is 17.6 Å². The minimum atomic E-state index is -0.177. The zero-order chi connectivity index (χ0) is 14.1. The molecule has 2 aromatic rings. The van der Waals surface area contributed by atoms with Crippen LogP contribution in [0.2, 0.25) is 0 Å². The smallest absolute Gasteiger partial charge is 0.309 e. The van der Waals surface area contributed by atoms with Crippen molar-refractivity contribution in [3.8, 4) is 17.0 Å². The minimum absolute atomic E-state index is 0.118. The molecule has 20 heavy (non-hydrogen) atoms. The van der Waals surface area contributed by atoms with Crippen molar-refractivity contribution >= 4 is 5.97 Å². The van der Waals surface area contributed by atoms with Gasteiger partial charge in [0.15, 0.2) is 0 Å². The van der Waals surface area contributed by atoms with Gasteiger partial charge >= 0.3 is 5.97 Å². The zero-order valence-electron chi connectivity index (χ0n) is 11.2. The van der Waals surface area contributed by atoms with Crippen molar-refractivity contribution < 1.29 is 14.6 Å². The molecule has 1 aromatic heterocycles. The number of aryl methyl sites for hydroxylation is 1. The molecule has 0 fully saturated rings. The molecule has 2 heterocycles. The van der Waals surface area contributed by atoms with E-state index >= 15 is 0 Å². The maximum atomic E-state index is 11.6. The van der Waals surface area contributed by atoms with Crippen molar-refractivity contribution in [2.45, 2.75) is 19.4 Å². The van der Waals surface area contributed by atoms with E-state index in [0.29, 0.717) is 12.0 Å². The van der Waals surface area contributed by atoms with E-state index in [1.165, 1.54) is 7.11 Å². The molecular weight excluding hydrogens is 256 g/mol. The Morgan fingerprint density at radius 3 is 3.00 bits per heavy atom. The lowest BCUT2D eigenvalue weighted by Crippen LogP contribution is -2.26. The molecule has 0 saturated carbocycles. The fraction of sp³-hybridized carbons (Fsp3) is 0.333. The molecule has 1 unspecified atom stereocenters. The zero-order valence-corrected chi connectivity index (χ0v) is 11.2. The van der Waals surface area contributed by atoms with Crippen molar-refractivity contribution in [1.29, 1.82) is 0 Å². The molecule has 1 aliphatic heterocycles. The second kappa shape index (κ2) is 5.00. The Morgan fingerprint density at radius 1 is 1.45 bits per heavy atom. The van der Waals surface area contributed by atoms with Gasteiger partial charge in [-0.1, -0.05) is 12.1 Å². The number of ether oxygens (including phenoxy) is 1. The molecule has 0 amide bonds. The first-order chi connectivity index (χ1) is 9.69. The highest BCUT2D eigenvalue weighted by molar-refractivity contribution is 5.73. The molecule has 3 rings (SSSR count). The summed E-state index contributed by atoms with van der Waals surface area (Å²) >= 11 is 0. The van der Waals surface area contributed by atoms with Crippen molar-refractivity contribution in [2.24, 2.45) is 5.92 Å². The number of carbonyl (C=O) groups excluding carboxylic acids is 1. The third-order valence-electron chi connectivity index (χ3n) is 3.72. The Kier molecular flexibility index (Phi) is 3.18. The third-order valence-corrected chi connectivity index (χ3v) is 3.72. The first-order valence-electron chi connectivity index (χ1n) is 6.61. The number of benzene rings is 1. The van der Waals surface area contributed by atoms with Crippen LogP contribution in [-0.4, -0.2) is 27.7 Å². The molecule has 5 nitrogen and oxygen atoms in total. The summed E-state index contributed by atoms with van der Waals surface area (Å²) in [5, 5.41) is 9.88. The Hall–Kier alpha value is -2.30. The molecule has 1 aromatic carbocycles. The van der Waals surface area contributed by atoms with Gasteiger partial charge in [-0.3, -0.25) is 4.79 Å². The fourth-order valence-corrected chi connectivity index (χ4v) is 2.62. The van der Waals surface area contributed by atoms with Crippen molar-refractivity contribution in [3.05, 3.63) is 36.3 Å². The number of phenols is 1. The Bertz CT molecular complexity index is 648. The molecule has 0 saturated heterocycles. The Labute approximate surface area is 116 Å². The minimum Gasteiger partial charge on any atom is -0.507 e. The highest BCUT2D eigenvalue weighted by Gasteiger charge is 2.27. The van der Waals surface area contributed by atoms with Crippen LogP contribution in [0.1, 0.15) is 12.2 Å². The molecule has 5 heteroatoms. The van der Waals surface area contributed by atoms with Crippen LogP contribution in [0.25, 0.3) is 11.3 Å². The van der Waals surface area contributed by atoms with Crippen LogP contribution in [0, 0.1) is 5.92 Å². The topological polar surface area (TPSA) is 64.3 Å². The van der Waals surface area contributed by atoms with E-state index in [1.807, 2.05) is 22.9 Å². The summed E-state index contributed by atoms with van der Waals surface area (Å²) in [6.07, 6.45) is 3.27. The summed E-state index contributed by atoms with van der Waals surface area (Å²) in [5.74, 6) is 0.785. The van der Waals surface area contributed by atoms with Crippen LogP contribution < -0.4 is 0 Å². The van der Waals surface area contributed by atoms with Gasteiger partial charge in [-0.2, -0.15) is 0 Å². The second-order valence-electron chi connectivity index (χ2n) is 4.97. The number of fused-ring (bicyclic) bond motifs is 1. The molecule has 0 spiro atoms. The first-order valence-corrected chi connectivity index (χ1v) is 6.61. The number of hydrogen-bond acceptors (Lipinski definition) is 4. The number of methoxy groups -OCH3 is 1. The Balaban J connectivity index is 1.91. The molecule has 1 atom stereocenters. The summed E-state index contributed by atoms with van der Waals surface area (Å²) in [5.41, 5.74) is 1.45. The van der Waals surface area contributed by atoms with Gasteiger partial charge in [0.25, 0.3) is 0 Å². The number of phenolic OH excluding ortho intramolecular Hbond substituents is 1. The number of nitrogens with zero attached hydrogens (tertiary/aromatic N) is 2. The standard InChI is InChI=1S/C15H16N2O3/c1-20-15(19)10-6-7-17-9-12(16-14(17)8-10)11-4-2-3-5-13(11)18/h2-5,9-10,18H,6-8H2,1H3. The third kappa shape index (κ3) is 2.15. The monoisotopic (exact) mass is 272 g/mol. The van der Waals surface area contributed by atoms with Crippen molar-refractivity contribution in [3.63, 3.8) is 0 Å².